The Kier molecular flexibility index (Phi) is 11.7. The van der Waals surface area contributed by atoms with Crippen LogP contribution in [-0.4, -0.2) is 21.2 Å². The molecule has 0 aromatic heterocycles. The third kappa shape index (κ3) is 7.57. The summed E-state index contributed by atoms with van der Waals surface area (Å²) in [6.45, 7) is 11.4. The molecule has 0 bridgehead atoms. The molecule has 0 aliphatic heterocycles. The molecule has 8 rings (SSSR count). The first-order valence-electron chi connectivity index (χ1n) is 17.0. The predicted molar refractivity (Wildman–Crippen MR) is 206 cm³/mol. The van der Waals surface area contributed by atoms with Crippen LogP contribution in [0.1, 0.15) is 42.5 Å². The Balaban J connectivity index is 0.000000198. The normalized spacial score (nSPS) is 18.5. The standard InChI is InChI=1S/C30H26Si.C15H16N2.Zr/c1-19-17-27-23-11-7-5-9-21(23)13-15-25(27)29(19)31(3,4)30-20(2)18-28-24-12-8-6-10-22(24)14-16-26(28)30;1-3-8-14(9-4-1)16-12-7-13-17-15-10-5-2-6-11-15;/h5-18H,1-4H3;1-6,8-11H,7,12-13H2;/q;-2;+4. The topological polar surface area (TPSA) is 28.2 Å². The molecule has 4 heteroatoms. The van der Waals surface area contributed by atoms with Gasteiger partial charge in [-0.05, 0) is 58.0 Å². The second-order valence-electron chi connectivity index (χ2n) is 13.3. The van der Waals surface area contributed by atoms with Gasteiger partial charge in [-0.1, -0.05) is 167 Å². The van der Waals surface area contributed by atoms with Gasteiger partial charge in [-0.25, -0.2) is 0 Å². The van der Waals surface area contributed by atoms with Crippen LogP contribution in [0.4, 0.5) is 11.4 Å². The Morgan fingerprint density at radius 1 is 0.469 bits per heavy atom. The summed E-state index contributed by atoms with van der Waals surface area (Å²) >= 11 is 0. The fraction of sp³-hybridized carbons (Fsp3) is 0.156. The van der Waals surface area contributed by atoms with E-state index in [0.717, 1.165) is 30.9 Å². The fourth-order valence-electron chi connectivity index (χ4n) is 7.68. The monoisotopic (exact) mass is 728 g/mol. The van der Waals surface area contributed by atoms with Crippen molar-refractivity contribution in [3.05, 3.63) is 214 Å². The van der Waals surface area contributed by atoms with Crippen molar-refractivity contribution in [1.82, 2.24) is 0 Å². The molecule has 238 valence electrons. The second-order valence-corrected chi connectivity index (χ2v) is 17.6. The van der Waals surface area contributed by atoms with Crippen molar-refractivity contribution < 1.29 is 26.2 Å². The van der Waals surface area contributed by atoms with E-state index in [1.165, 1.54) is 57.8 Å². The van der Waals surface area contributed by atoms with Gasteiger partial charge >= 0.3 is 26.2 Å². The summed E-state index contributed by atoms with van der Waals surface area (Å²) in [6.07, 6.45) is 15.2. The third-order valence-corrected chi connectivity index (χ3v) is 13.5. The Bertz CT molecular complexity index is 1590. The quantitative estimate of drug-likeness (QED) is 0.128. The van der Waals surface area contributed by atoms with Gasteiger partial charge < -0.3 is 10.6 Å². The van der Waals surface area contributed by atoms with Crippen LogP contribution in [0, 0.1) is 59.4 Å². The minimum atomic E-state index is -1.94. The van der Waals surface area contributed by atoms with E-state index >= 15 is 0 Å². The summed E-state index contributed by atoms with van der Waals surface area (Å²) in [4.78, 5) is 0. The van der Waals surface area contributed by atoms with E-state index in [2.05, 4.69) is 123 Å². The molecular weight excluding hydrogens is 688 g/mol. The van der Waals surface area contributed by atoms with E-state index in [-0.39, 0.29) is 26.2 Å². The summed E-state index contributed by atoms with van der Waals surface area (Å²) in [5.41, 5.74) is 10.7. The molecule has 2 saturated carbocycles. The molecule has 0 amide bonds. The Morgan fingerprint density at radius 3 is 1.29 bits per heavy atom. The van der Waals surface area contributed by atoms with E-state index in [4.69, 9.17) is 0 Å². The maximum absolute atomic E-state index is 4.48. The molecule has 4 aliphatic rings. The molecule has 0 atom stereocenters. The predicted octanol–water partition coefficient (Wildman–Crippen LogP) is 11.8. The minimum absolute atomic E-state index is 0. The molecule has 0 saturated heterocycles. The molecule has 0 N–H and O–H groups in total. The number of hydrogen-bond donors (Lipinski definition) is 0. The van der Waals surface area contributed by atoms with Gasteiger partial charge in [-0.15, -0.1) is 24.5 Å². The van der Waals surface area contributed by atoms with Gasteiger partial charge in [0.05, 0.1) is 8.07 Å². The van der Waals surface area contributed by atoms with Crippen LogP contribution in [0.25, 0.3) is 22.8 Å². The van der Waals surface area contributed by atoms with E-state index in [1.807, 2.05) is 60.7 Å². The fourth-order valence-corrected chi connectivity index (χ4v) is 11.8. The van der Waals surface area contributed by atoms with Crippen LogP contribution in [0.3, 0.4) is 0 Å². The Morgan fingerprint density at radius 2 is 0.857 bits per heavy atom. The summed E-state index contributed by atoms with van der Waals surface area (Å²) in [5.74, 6) is 8.59. The maximum atomic E-state index is 4.48. The smallest absolute Gasteiger partial charge is 0.684 e. The molecule has 49 heavy (non-hydrogen) atoms. The van der Waals surface area contributed by atoms with Gasteiger partial charge in [-0.2, -0.15) is 0 Å². The van der Waals surface area contributed by atoms with Crippen molar-refractivity contribution in [1.29, 1.82) is 0 Å². The van der Waals surface area contributed by atoms with Crippen LogP contribution in [0.2, 0.25) is 13.1 Å². The average Bonchev–Trinajstić information content (AvgIpc) is 3.66. The Hall–Kier alpha value is -2.94. The third-order valence-electron chi connectivity index (χ3n) is 9.66. The summed E-state index contributed by atoms with van der Waals surface area (Å²) in [5, 5.41) is 8.95. The van der Waals surface area contributed by atoms with Crippen LogP contribution in [0.15, 0.2) is 121 Å². The first-order chi connectivity index (χ1) is 23.4. The van der Waals surface area contributed by atoms with E-state index in [0.29, 0.717) is 0 Å². The minimum Gasteiger partial charge on any atom is -0.684 e. The van der Waals surface area contributed by atoms with E-state index in [1.54, 1.807) is 11.1 Å². The number of para-hydroxylation sites is 2. The average molecular weight is 730 g/mol. The van der Waals surface area contributed by atoms with Crippen LogP contribution < -0.4 is 0 Å². The van der Waals surface area contributed by atoms with E-state index < -0.39 is 8.07 Å². The Labute approximate surface area is 316 Å². The van der Waals surface area contributed by atoms with Crippen molar-refractivity contribution in [2.75, 3.05) is 13.1 Å². The number of nitrogens with zero attached hydrogens (tertiary/aromatic N) is 2. The second kappa shape index (κ2) is 15.9. The largest absolute Gasteiger partial charge is 4.00 e. The number of benzene rings is 4. The molecule has 0 spiro atoms. The molecular formula is C45H42N2SiZr+2. The van der Waals surface area contributed by atoms with Crippen molar-refractivity contribution >= 4 is 31.6 Å². The van der Waals surface area contributed by atoms with E-state index in [9.17, 15) is 0 Å². The van der Waals surface area contributed by atoms with Gasteiger partial charge in [0.15, 0.2) is 0 Å². The van der Waals surface area contributed by atoms with Gasteiger partial charge in [0.2, 0.25) is 0 Å². The number of allylic oxidation sites excluding steroid dienone is 2. The maximum Gasteiger partial charge on any atom is 4.00 e. The number of hydrogen-bond acceptors (Lipinski definition) is 0. The van der Waals surface area contributed by atoms with Gasteiger partial charge in [-0.3, -0.25) is 0 Å². The zero-order valence-corrected chi connectivity index (χ0v) is 32.3. The van der Waals surface area contributed by atoms with Crippen molar-refractivity contribution in [3.63, 3.8) is 0 Å². The van der Waals surface area contributed by atoms with Gasteiger partial charge in [0.1, 0.15) is 0 Å². The van der Waals surface area contributed by atoms with Gasteiger partial charge in [0, 0.05) is 23.7 Å². The molecule has 4 aliphatic carbocycles. The summed E-state index contributed by atoms with van der Waals surface area (Å²) < 4.78 is 0. The molecule has 4 aromatic rings. The zero-order valence-electron chi connectivity index (χ0n) is 28.9. The van der Waals surface area contributed by atoms with Gasteiger partial charge in [0.25, 0.3) is 0 Å². The molecule has 10 radical (unpaired) electrons. The first-order valence-corrected chi connectivity index (χ1v) is 20.0. The molecule has 4 aromatic carbocycles. The molecule has 0 heterocycles. The molecule has 0 unspecified atom stereocenters. The van der Waals surface area contributed by atoms with Crippen molar-refractivity contribution in [2.24, 2.45) is 0 Å². The molecule has 2 nitrogen and oxygen atoms in total. The van der Waals surface area contributed by atoms with Crippen LogP contribution in [0.5, 0.6) is 0 Å². The number of fused-ring (bicyclic) bond motifs is 6. The van der Waals surface area contributed by atoms with Crippen LogP contribution >= 0.6 is 0 Å². The van der Waals surface area contributed by atoms with Crippen molar-refractivity contribution in [2.45, 2.75) is 33.4 Å². The first kappa shape index (κ1) is 35.9. The summed E-state index contributed by atoms with van der Waals surface area (Å²) in [6, 6.07) is 37.7. The summed E-state index contributed by atoms with van der Waals surface area (Å²) in [7, 11) is -1.94. The SMILES string of the molecule is C[C]1[CH][C]2[C](C=Cc3ccccc32)[C]1[Si](C)(C)[C]1[C](C)[CH][C]2[C]1C=Cc1ccccc12.[Zr+4].c1ccc([N-]CCC[N-]c2ccccc2)cc1. The van der Waals surface area contributed by atoms with Crippen LogP contribution in [-0.2, 0) is 26.2 Å². The van der Waals surface area contributed by atoms with Crippen molar-refractivity contribution in [3.8, 4) is 0 Å². The molecule has 2 fully saturated rings. The number of rotatable bonds is 8. The zero-order chi connectivity index (χ0) is 33.1.